The van der Waals surface area contributed by atoms with Crippen LogP contribution >= 0.6 is 11.8 Å². The second-order valence-corrected chi connectivity index (χ2v) is 5.07. The zero-order valence-electron chi connectivity index (χ0n) is 9.41. The van der Waals surface area contributed by atoms with Crippen LogP contribution in [-0.4, -0.2) is 39.6 Å². The summed E-state index contributed by atoms with van der Waals surface area (Å²) < 4.78 is 0. The molecule has 18 heavy (non-hydrogen) atoms. The Bertz CT molecular complexity index is 480. The van der Waals surface area contributed by atoms with Crippen molar-refractivity contribution in [1.82, 2.24) is 5.32 Å². The zero-order chi connectivity index (χ0) is 13.1. The third-order valence-corrected chi connectivity index (χ3v) is 3.86. The summed E-state index contributed by atoms with van der Waals surface area (Å²) in [5, 5.41) is 22.9. The van der Waals surface area contributed by atoms with Crippen molar-refractivity contribution in [2.24, 2.45) is 0 Å². The quantitative estimate of drug-likeness (QED) is 0.625. The molecular weight excluding hydrogens is 256 g/mol. The molecular formula is C11H12N2O4S. The van der Waals surface area contributed by atoms with E-state index in [1.807, 2.05) is 0 Å². The van der Waals surface area contributed by atoms with E-state index in [4.69, 9.17) is 0 Å². The Labute approximate surface area is 108 Å². The van der Waals surface area contributed by atoms with E-state index in [0.29, 0.717) is 11.5 Å². The van der Waals surface area contributed by atoms with Gasteiger partial charge in [-0.25, -0.2) is 0 Å². The zero-order valence-corrected chi connectivity index (χ0v) is 10.2. The molecule has 1 amide bonds. The van der Waals surface area contributed by atoms with Crippen molar-refractivity contribution in [3.05, 3.63) is 39.9 Å². The molecule has 0 bridgehead atoms. The molecule has 2 N–H and O–H groups in total. The number of nitrogens with zero attached hydrogens (tertiary/aromatic N) is 1. The molecule has 1 saturated heterocycles. The van der Waals surface area contributed by atoms with Crippen molar-refractivity contribution in [1.29, 1.82) is 0 Å². The summed E-state index contributed by atoms with van der Waals surface area (Å²) in [4.78, 5) is 21.9. The SMILES string of the molecule is O=C(NC1CSCC1O)c1cccc([N+](=O)[O-])c1. The highest BCUT2D eigenvalue weighted by atomic mass is 32.2. The highest BCUT2D eigenvalue weighted by Crippen LogP contribution is 2.19. The number of nitro benzene ring substituents is 1. The predicted molar refractivity (Wildman–Crippen MR) is 67.7 cm³/mol. The van der Waals surface area contributed by atoms with E-state index < -0.39 is 16.9 Å². The summed E-state index contributed by atoms with van der Waals surface area (Å²) in [7, 11) is 0. The van der Waals surface area contributed by atoms with Gasteiger partial charge in [0.2, 0.25) is 0 Å². The lowest BCUT2D eigenvalue weighted by Crippen LogP contribution is -2.42. The van der Waals surface area contributed by atoms with Gasteiger partial charge in [-0.05, 0) is 6.07 Å². The predicted octanol–water partition coefficient (Wildman–Crippen LogP) is 0.801. The summed E-state index contributed by atoms with van der Waals surface area (Å²) in [5.74, 6) is 0.854. The van der Waals surface area contributed by atoms with Gasteiger partial charge in [0.15, 0.2) is 0 Å². The van der Waals surface area contributed by atoms with Crippen LogP contribution in [0.4, 0.5) is 5.69 Å². The molecule has 1 aliphatic heterocycles. The second kappa shape index (κ2) is 5.36. The molecule has 1 aromatic rings. The van der Waals surface area contributed by atoms with Crippen molar-refractivity contribution < 1.29 is 14.8 Å². The van der Waals surface area contributed by atoms with Crippen molar-refractivity contribution in [2.75, 3.05) is 11.5 Å². The molecule has 2 unspecified atom stereocenters. The number of nitro groups is 1. The highest BCUT2D eigenvalue weighted by molar-refractivity contribution is 7.99. The van der Waals surface area contributed by atoms with E-state index in [1.165, 1.54) is 24.3 Å². The van der Waals surface area contributed by atoms with Crippen LogP contribution in [0.2, 0.25) is 0 Å². The van der Waals surface area contributed by atoms with Crippen LogP contribution in [-0.2, 0) is 0 Å². The van der Waals surface area contributed by atoms with Crippen molar-refractivity contribution >= 4 is 23.4 Å². The van der Waals surface area contributed by atoms with Crippen LogP contribution in [0.1, 0.15) is 10.4 Å². The van der Waals surface area contributed by atoms with Crippen LogP contribution in [0.3, 0.4) is 0 Å². The number of rotatable bonds is 3. The first-order valence-electron chi connectivity index (χ1n) is 5.39. The Balaban J connectivity index is 2.09. The first-order chi connectivity index (χ1) is 8.58. The molecule has 0 saturated carbocycles. The van der Waals surface area contributed by atoms with Gasteiger partial charge in [-0.3, -0.25) is 14.9 Å². The number of carbonyl (C=O) groups excluding carboxylic acids is 1. The molecule has 1 fully saturated rings. The first-order valence-corrected chi connectivity index (χ1v) is 6.54. The Morgan fingerprint density at radius 1 is 1.50 bits per heavy atom. The Morgan fingerprint density at radius 2 is 2.28 bits per heavy atom. The average molecular weight is 268 g/mol. The summed E-state index contributed by atoms with van der Waals surface area (Å²) in [6.07, 6.45) is -0.558. The maximum absolute atomic E-state index is 11.9. The van der Waals surface area contributed by atoms with Crippen LogP contribution in [0, 0.1) is 10.1 Å². The lowest BCUT2D eigenvalue weighted by Gasteiger charge is -2.15. The fourth-order valence-electron chi connectivity index (χ4n) is 1.69. The summed E-state index contributed by atoms with van der Waals surface area (Å²) in [6.45, 7) is 0. The largest absolute Gasteiger partial charge is 0.390 e. The molecule has 0 aromatic heterocycles. The van der Waals surface area contributed by atoms with Crippen LogP contribution in [0.25, 0.3) is 0 Å². The van der Waals surface area contributed by atoms with E-state index in [-0.39, 0.29) is 17.3 Å². The number of nitrogens with one attached hydrogen (secondary N) is 1. The van der Waals surface area contributed by atoms with Crippen LogP contribution in [0.15, 0.2) is 24.3 Å². The van der Waals surface area contributed by atoms with Crippen molar-refractivity contribution in [3.63, 3.8) is 0 Å². The molecule has 96 valence electrons. The standard InChI is InChI=1S/C11H12N2O4S/c14-10-6-18-5-9(10)12-11(15)7-2-1-3-8(4-7)13(16)17/h1-4,9-10,14H,5-6H2,(H,12,15). The molecule has 1 aliphatic rings. The highest BCUT2D eigenvalue weighted by Gasteiger charge is 2.27. The maximum atomic E-state index is 11.9. The first kappa shape index (κ1) is 12.8. The van der Waals surface area contributed by atoms with E-state index in [1.54, 1.807) is 11.8 Å². The van der Waals surface area contributed by atoms with E-state index in [0.717, 1.165) is 0 Å². The molecule has 2 rings (SSSR count). The average Bonchev–Trinajstić information content (AvgIpc) is 2.75. The van der Waals surface area contributed by atoms with E-state index in [2.05, 4.69) is 5.32 Å². The third-order valence-electron chi connectivity index (χ3n) is 2.69. The number of hydrogen-bond donors (Lipinski definition) is 2. The number of hydrogen-bond acceptors (Lipinski definition) is 5. The minimum atomic E-state index is -0.558. The Morgan fingerprint density at radius 3 is 2.89 bits per heavy atom. The van der Waals surface area contributed by atoms with Gasteiger partial charge in [-0.1, -0.05) is 6.07 Å². The number of carbonyl (C=O) groups is 1. The molecule has 2 atom stereocenters. The van der Waals surface area contributed by atoms with Crippen molar-refractivity contribution in [3.8, 4) is 0 Å². The Hall–Kier alpha value is -1.60. The summed E-state index contributed by atoms with van der Waals surface area (Å²) in [6, 6.07) is 5.24. The summed E-state index contributed by atoms with van der Waals surface area (Å²) in [5.41, 5.74) is 0.109. The fraction of sp³-hybridized carbons (Fsp3) is 0.364. The number of thioether (sulfide) groups is 1. The minimum Gasteiger partial charge on any atom is -0.390 e. The van der Waals surface area contributed by atoms with Gasteiger partial charge in [-0.15, -0.1) is 0 Å². The van der Waals surface area contributed by atoms with Gasteiger partial charge in [0.25, 0.3) is 11.6 Å². The number of non-ortho nitro benzene ring substituents is 1. The molecule has 6 nitrogen and oxygen atoms in total. The number of aliphatic hydroxyl groups excluding tert-OH is 1. The van der Waals surface area contributed by atoms with Gasteiger partial charge < -0.3 is 10.4 Å². The van der Waals surface area contributed by atoms with E-state index in [9.17, 15) is 20.0 Å². The monoisotopic (exact) mass is 268 g/mol. The third kappa shape index (κ3) is 2.80. The normalized spacial score (nSPS) is 22.7. The lowest BCUT2D eigenvalue weighted by atomic mass is 10.1. The van der Waals surface area contributed by atoms with E-state index >= 15 is 0 Å². The molecule has 0 spiro atoms. The summed E-state index contributed by atoms with van der Waals surface area (Å²) >= 11 is 1.56. The molecule has 0 aliphatic carbocycles. The number of aliphatic hydroxyl groups is 1. The van der Waals surface area contributed by atoms with Gasteiger partial charge in [0.05, 0.1) is 17.1 Å². The number of amides is 1. The minimum absolute atomic E-state index is 0.121. The second-order valence-electron chi connectivity index (χ2n) is 3.99. The fourth-order valence-corrected chi connectivity index (χ4v) is 2.86. The molecule has 0 radical (unpaired) electrons. The van der Waals surface area contributed by atoms with Gasteiger partial charge in [0.1, 0.15) is 0 Å². The maximum Gasteiger partial charge on any atom is 0.270 e. The molecule has 7 heteroatoms. The van der Waals surface area contributed by atoms with Crippen LogP contribution in [0.5, 0.6) is 0 Å². The smallest absolute Gasteiger partial charge is 0.270 e. The van der Waals surface area contributed by atoms with Gasteiger partial charge >= 0.3 is 0 Å². The van der Waals surface area contributed by atoms with Crippen molar-refractivity contribution in [2.45, 2.75) is 12.1 Å². The molecule has 1 heterocycles. The Kier molecular flexibility index (Phi) is 3.83. The molecule has 1 aromatic carbocycles. The van der Waals surface area contributed by atoms with Crippen LogP contribution < -0.4 is 5.32 Å². The number of benzene rings is 1. The van der Waals surface area contributed by atoms with Gasteiger partial charge in [0, 0.05) is 29.2 Å². The lowest BCUT2D eigenvalue weighted by molar-refractivity contribution is -0.384. The van der Waals surface area contributed by atoms with Gasteiger partial charge in [-0.2, -0.15) is 11.8 Å². The topological polar surface area (TPSA) is 92.5 Å².